The highest BCUT2D eigenvalue weighted by Crippen LogP contribution is 2.56. The SMILES string of the molecule is CC1(C)c2ccccc2N(c2cccc(-c3cc(-c4ccccc4-n4c5ccccc5c5ccccc54)cc([Si](c4ccccc4)(c4ccccc4)c4ccc(C5(c6ccccc6)c6ccccc6-c6ccccc65)cc4)c3)c2)c2ccccc21. The van der Waals surface area contributed by atoms with Crippen molar-refractivity contribution in [1.29, 1.82) is 0 Å². The molecule has 0 saturated heterocycles. The van der Waals surface area contributed by atoms with Gasteiger partial charge in [0.1, 0.15) is 0 Å². The van der Waals surface area contributed by atoms with E-state index in [0.717, 1.165) is 33.6 Å². The van der Waals surface area contributed by atoms with Gasteiger partial charge in [0.2, 0.25) is 0 Å². The van der Waals surface area contributed by atoms with Crippen LogP contribution in [0.4, 0.5) is 17.1 Å². The molecule has 13 aromatic carbocycles. The summed E-state index contributed by atoms with van der Waals surface area (Å²) in [6.07, 6.45) is 0. The van der Waals surface area contributed by atoms with Crippen molar-refractivity contribution in [3.63, 3.8) is 0 Å². The van der Waals surface area contributed by atoms with E-state index in [1.54, 1.807) is 0 Å². The van der Waals surface area contributed by atoms with Crippen LogP contribution in [0.2, 0.25) is 0 Å². The van der Waals surface area contributed by atoms with Crippen LogP contribution in [0, 0.1) is 0 Å². The maximum atomic E-state index is 2.56. The average molecular weight is 1100 g/mol. The molecule has 3 heteroatoms. The number of benzene rings is 13. The molecule has 0 unspecified atom stereocenters. The Labute approximate surface area is 498 Å². The number of anilines is 3. The Morgan fingerprint density at radius 3 is 1.29 bits per heavy atom. The summed E-state index contributed by atoms with van der Waals surface area (Å²) in [6.45, 7) is 4.72. The first kappa shape index (κ1) is 50.4. The molecule has 1 aliphatic carbocycles. The molecule has 16 rings (SSSR count). The Morgan fingerprint density at radius 1 is 0.282 bits per heavy atom. The summed E-state index contributed by atoms with van der Waals surface area (Å²) >= 11 is 0. The quantitative estimate of drug-likeness (QED) is 0.0979. The summed E-state index contributed by atoms with van der Waals surface area (Å²) in [6, 6.07) is 124. The summed E-state index contributed by atoms with van der Waals surface area (Å²) in [5, 5.41) is 7.74. The summed E-state index contributed by atoms with van der Waals surface area (Å²) < 4.78 is 2.49. The first-order chi connectivity index (χ1) is 41.9. The van der Waals surface area contributed by atoms with Gasteiger partial charge in [0.05, 0.1) is 33.5 Å². The minimum atomic E-state index is -3.28. The van der Waals surface area contributed by atoms with Crippen LogP contribution in [0.15, 0.2) is 328 Å². The predicted molar refractivity (Wildman–Crippen MR) is 359 cm³/mol. The lowest BCUT2D eigenvalue weighted by Gasteiger charge is -2.42. The molecule has 2 nitrogen and oxygen atoms in total. The molecular weight excluding hydrogens is 1040 g/mol. The molecule has 0 atom stereocenters. The number of aromatic nitrogens is 1. The molecule has 0 amide bonds. The Hall–Kier alpha value is -10.3. The fraction of sp³-hybridized carbons (Fsp3) is 0.0488. The molecule has 0 bridgehead atoms. The summed E-state index contributed by atoms with van der Waals surface area (Å²) in [4.78, 5) is 2.49. The highest BCUT2D eigenvalue weighted by molar-refractivity contribution is 7.20. The molecule has 402 valence electrons. The number of hydrogen-bond donors (Lipinski definition) is 0. The zero-order valence-corrected chi connectivity index (χ0v) is 48.6. The van der Waals surface area contributed by atoms with Gasteiger partial charge in [-0.15, -0.1) is 0 Å². The largest absolute Gasteiger partial charge is 0.310 e. The van der Waals surface area contributed by atoms with Gasteiger partial charge in [0.15, 0.2) is 8.07 Å². The van der Waals surface area contributed by atoms with Crippen molar-refractivity contribution in [3.05, 3.63) is 361 Å². The van der Waals surface area contributed by atoms with Crippen LogP contribution in [0.25, 0.3) is 60.9 Å². The molecule has 2 aliphatic rings. The Morgan fingerprint density at radius 2 is 0.718 bits per heavy atom. The normalized spacial score (nSPS) is 13.7. The van der Waals surface area contributed by atoms with Crippen LogP contribution in [0.3, 0.4) is 0 Å². The third kappa shape index (κ3) is 7.63. The van der Waals surface area contributed by atoms with Gasteiger partial charge in [-0.2, -0.15) is 0 Å². The maximum absolute atomic E-state index is 3.28. The third-order valence-corrected chi connectivity index (χ3v) is 23.6. The number of rotatable bonds is 10. The van der Waals surface area contributed by atoms with Crippen LogP contribution in [-0.4, -0.2) is 12.6 Å². The van der Waals surface area contributed by atoms with Crippen molar-refractivity contribution >= 4 is 67.7 Å². The second-order valence-corrected chi connectivity index (χ2v) is 27.3. The first-order valence-corrected chi connectivity index (χ1v) is 31.7. The van der Waals surface area contributed by atoms with Crippen molar-refractivity contribution in [2.75, 3.05) is 4.90 Å². The van der Waals surface area contributed by atoms with Crippen LogP contribution in [0.1, 0.15) is 47.2 Å². The minimum Gasteiger partial charge on any atom is -0.310 e. The zero-order chi connectivity index (χ0) is 56.7. The van der Waals surface area contributed by atoms with Gasteiger partial charge in [-0.1, -0.05) is 293 Å². The van der Waals surface area contributed by atoms with Crippen molar-refractivity contribution in [3.8, 4) is 39.1 Å². The number of nitrogens with zero attached hydrogens (tertiary/aromatic N) is 2. The molecule has 0 spiro atoms. The van der Waals surface area contributed by atoms with Crippen LogP contribution < -0.4 is 25.6 Å². The number of para-hydroxylation sites is 5. The van der Waals surface area contributed by atoms with Gasteiger partial charge >= 0.3 is 0 Å². The van der Waals surface area contributed by atoms with Crippen LogP contribution in [-0.2, 0) is 10.8 Å². The predicted octanol–water partition coefficient (Wildman–Crippen LogP) is 18.0. The fourth-order valence-electron chi connectivity index (χ4n) is 15.1. The fourth-order valence-corrected chi connectivity index (χ4v) is 19.9. The van der Waals surface area contributed by atoms with Gasteiger partial charge in [0.25, 0.3) is 0 Å². The Balaban J connectivity index is 0.974. The molecule has 1 aromatic heterocycles. The average Bonchev–Trinajstić information content (AvgIpc) is 1.90. The van der Waals surface area contributed by atoms with Crippen LogP contribution >= 0.6 is 0 Å². The van der Waals surface area contributed by atoms with E-state index in [1.807, 2.05) is 0 Å². The summed E-state index contributed by atoms with van der Waals surface area (Å²) in [7, 11) is -3.28. The summed E-state index contributed by atoms with van der Waals surface area (Å²) in [5.74, 6) is 0. The van der Waals surface area contributed by atoms with E-state index < -0.39 is 13.5 Å². The van der Waals surface area contributed by atoms with E-state index in [4.69, 9.17) is 0 Å². The summed E-state index contributed by atoms with van der Waals surface area (Å²) in [5.41, 5.74) is 21.3. The monoisotopic (exact) mass is 1100 g/mol. The van der Waals surface area contributed by atoms with Gasteiger partial charge < -0.3 is 9.47 Å². The van der Waals surface area contributed by atoms with Gasteiger partial charge in [-0.3, -0.25) is 0 Å². The molecule has 2 heterocycles. The Kier molecular flexibility index (Phi) is 11.8. The molecule has 14 aromatic rings. The molecular formula is C82H60N2Si. The van der Waals surface area contributed by atoms with E-state index in [9.17, 15) is 0 Å². The lowest BCUT2D eigenvalue weighted by molar-refractivity contribution is 0.632. The molecule has 85 heavy (non-hydrogen) atoms. The second kappa shape index (κ2) is 19.9. The number of fused-ring (bicyclic) bond motifs is 8. The van der Waals surface area contributed by atoms with Gasteiger partial charge in [-0.05, 0) is 130 Å². The topological polar surface area (TPSA) is 8.17 Å². The van der Waals surface area contributed by atoms with E-state index in [1.165, 1.54) is 98.4 Å². The smallest absolute Gasteiger partial charge is 0.179 e. The van der Waals surface area contributed by atoms with Gasteiger partial charge in [-0.25, -0.2) is 0 Å². The van der Waals surface area contributed by atoms with E-state index in [2.05, 4.69) is 351 Å². The lowest BCUT2D eigenvalue weighted by Crippen LogP contribution is -2.74. The first-order valence-electron chi connectivity index (χ1n) is 29.7. The number of hydrogen-bond acceptors (Lipinski definition) is 1. The lowest BCUT2D eigenvalue weighted by atomic mass is 9.68. The van der Waals surface area contributed by atoms with Crippen molar-refractivity contribution in [2.45, 2.75) is 24.7 Å². The van der Waals surface area contributed by atoms with E-state index in [0.29, 0.717) is 0 Å². The van der Waals surface area contributed by atoms with Crippen molar-refractivity contribution < 1.29 is 0 Å². The maximum Gasteiger partial charge on any atom is 0.179 e. The van der Waals surface area contributed by atoms with Crippen molar-refractivity contribution in [1.82, 2.24) is 4.57 Å². The van der Waals surface area contributed by atoms with Crippen LogP contribution in [0.5, 0.6) is 0 Å². The standard InChI is InChI=1S/C82H60N2Si/c1-81(2)74-42-19-24-47-79(74)83(80-48-25-20-43-75(80)81)62-30-26-27-57(54-62)58-53-59(67-35-14-21-44-76(67)84-77-45-22-15-38-70(77)71-39-16-23-46-78(71)84)56-66(55-58)85(63-31-8-4-9-32-63,64-33-10-5-11-34-64)65-51-49-61(50-52-65)82(60-28-6-3-7-29-60)72-40-17-12-36-68(72)69-37-13-18-41-73(69)82/h3-56H,1-2H3. The molecule has 0 saturated carbocycles. The zero-order valence-electron chi connectivity index (χ0n) is 47.6. The molecule has 1 aliphatic heterocycles. The molecule has 0 fully saturated rings. The Bertz CT molecular complexity index is 4680. The third-order valence-electron chi connectivity index (χ3n) is 18.8. The molecule has 0 radical (unpaired) electrons. The molecule has 0 N–H and O–H groups in total. The van der Waals surface area contributed by atoms with E-state index in [-0.39, 0.29) is 5.41 Å². The highest BCUT2D eigenvalue weighted by Gasteiger charge is 2.47. The van der Waals surface area contributed by atoms with E-state index >= 15 is 0 Å². The second-order valence-electron chi connectivity index (χ2n) is 23.5. The highest BCUT2D eigenvalue weighted by atomic mass is 28.3. The van der Waals surface area contributed by atoms with Gasteiger partial charge in [0, 0.05) is 27.4 Å². The van der Waals surface area contributed by atoms with Crippen molar-refractivity contribution in [2.24, 2.45) is 0 Å². The minimum absolute atomic E-state index is 0.177.